The van der Waals surface area contributed by atoms with Gasteiger partial charge in [-0.05, 0) is 54.7 Å². The molecule has 1 heterocycles. The van der Waals surface area contributed by atoms with Crippen molar-refractivity contribution in [1.29, 1.82) is 0 Å². The van der Waals surface area contributed by atoms with Crippen LogP contribution in [0.15, 0.2) is 66.7 Å². The first-order chi connectivity index (χ1) is 14.8. The SMILES string of the molecule is CC(C)(C)c1ccc([Si]2(C(C)(C)C)c3ccccc3Nc3cc(C(C)(C)C)ccc32)cc1. The third-order valence-electron chi connectivity index (χ3n) is 7.20. The minimum atomic E-state index is -2.33. The van der Waals surface area contributed by atoms with Crippen LogP contribution >= 0.6 is 0 Å². The molecule has 3 aromatic rings. The molecular weight excluding hydrogens is 402 g/mol. The first-order valence-electron chi connectivity index (χ1n) is 11.9. The zero-order chi connectivity index (χ0) is 23.5. The highest BCUT2D eigenvalue weighted by atomic mass is 28.3. The van der Waals surface area contributed by atoms with Crippen molar-refractivity contribution < 1.29 is 0 Å². The summed E-state index contributed by atoms with van der Waals surface area (Å²) >= 11 is 0. The van der Waals surface area contributed by atoms with Crippen LogP contribution in [0.1, 0.15) is 73.4 Å². The van der Waals surface area contributed by atoms with E-state index in [1.165, 1.54) is 38.1 Å². The second-order valence-electron chi connectivity index (χ2n) is 12.5. The Hall–Kier alpha value is -2.32. The van der Waals surface area contributed by atoms with Gasteiger partial charge in [0.25, 0.3) is 0 Å². The quantitative estimate of drug-likeness (QED) is 0.419. The summed E-state index contributed by atoms with van der Waals surface area (Å²) in [6, 6.07) is 25.8. The van der Waals surface area contributed by atoms with Crippen molar-refractivity contribution in [2.75, 3.05) is 5.32 Å². The Labute approximate surface area is 196 Å². The van der Waals surface area contributed by atoms with Gasteiger partial charge in [-0.1, -0.05) is 117 Å². The Morgan fingerprint density at radius 1 is 0.562 bits per heavy atom. The fraction of sp³-hybridized carbons (Fsp3) is 0.400. The van der Waals surface area contributed by atoms with Crippen LogP contribution in [0.3, 0.4) is 0 Å². The van der Waals surface area contributed by atoms with Crippen molar-refractivity contribution in [2.24, 2.45) is 0 Å². The number of nitrogens with one attached hydrogen (secondary N) is 1. The van der Waals surface area contributed by atoms with E-state index >= 15 is 0 Å². The number of anilines is 2. The zero-order valence-corrected chi connectivity index (χ0v) is 22.4. The van der Waals surface area contributed by atoms with Gasteiger partial charge in [0, 0.05) is 11.4 Å². The molecule has 4 rings (SSSR count). The standard InChI is InChI=1S/C30H39NSi/c1-28(2,3)21-14-17-23(18-15-21)32(30(7,8)9)26-13-11-10-12-24(26)31-25-20-22(29(4,5)6)16-19-27(25)32/h10-20,31H,1-9H3. The lowest BCUT2D eigenvalue weighted by atomic mass is 9.87. The summed E-state index contributed by atoms with van der Waals surface area (Å²) in [7, 11) is -2.33. The van der Waals surface area contributed by atoms with Crippen molar-refractivity contribution in [1.82, 2.24) is 0 Å². The van der Waals surface area contributed by atoms with Crippen LogP contribution in [0.4, 0.5) is 11.4 Å². The monoisotopic (exact) mass is 441 g/mol. The summed E-state index contributed by atoms with van der Waals surface area (Å²) in [5, 5.41) is 8.41. The van der Waals surface area contributed by atoms with Crippen LogP contribution in [-0.4, -0.2) is 8.07 Å². The smallest absolute Gasteiger partial charge is 0.158 e. The Morgan fingerprint density at radius 2 is 1.09 bits per heavy atom. The number of fused-ring (bicyclic) bond motifs is 2. The van der Waals surface area contributed by atoms with Gasteiger partial charge in [0.2, 0.25) is 0 Å². The average Bonchev–Trinajstić information content (AvgIpc) is 2.69. The summed E-state index contributed by atoms with van der Waals surface area (Å²) in [5.41, 5.74) is 5.60. The number of benzene rings is 3. The normalized spacial score (nSPS) is 18.5. The number of hydrogen-bond acceptors (Lipinski definition) is 1. The zero-order valence-electron chi connectivity index (χ0n) is 21.4. The van der Waals surface area contributed by atoms with Crippen molar-refractivity contribution in [3.63, 3.8) is 0 Å². The van der Waals surface area contributed by atoms with E-state index in [1.807, 2.05) is 0 Å². The molecule has 0 amide bonds. The number of para-hydroxylation sites is 1. The van der Waals surface area contributed by atoms with Gasteiger partial charge in [-0.15, -0.1) is 0 Å². The first kappa shape index (κ1) is 22.9. The lowest BCUT2D eigenvalue weighted by Crippen LogP contribution is -2.74. The largest absolute Gasteiger partial charge is 0.356 e. The maximum atomic E-state index is 3.82. The summed E-state index contributed by atoms with van der Waals surface area (Å²) in [6.07, 6.45) is 0. The molecule has 0 spiro atoms. The highest BCUT2D eigenvalue weighted by molar-refractivity contribution is 7.15. The van der Waals surface area contributed by atoms with Crippen molar-refractivity contribution >= 4 is 35.0 Å². The summed E-state index contributed by atoms with van der Waals surface area (Å²) in [6.45, 7) is 21.1. The second kappa shape index (κ2) is 7.35. The molecule has 1 nitrogen and oxygen atoms in total. The predicted octanol–water partition coefficient (Wildman–Crippen LogP) is 6.61. The molecule has 168 valence electrons. The van der Waals surface area contributed by atoms with Gasteiger partial charge in [0.15, 0.2) is 8.07 Å². The van der Waals surface area contributed by atoms with Crippen LogP contribution in [-0.2, 0) is 10.8 Å². The van der Waals surface area contributed by atoms with Gasteiger partial charge in [0.1, 0.15) is 0 Å². The lowest BCUT2D eigenvalue weighted by molar-refractivity contribution is 0.590. The Kier molecular flexibility index (Phi) is 5.25. The fourth-order valence-electron chi connectivity index (χ4n) is 5.42. The third-order valence-corrected chi connectivity index (χ3v) is 13.1. The molecule has 3 aromatic carbocycles. The second-order valence-corrected chi connectivity index (χ2v) is 17.2. The van der Waals surface area contributed by atoms with Crippen LogP contribution in [0.25, 0.3) is 0 Å². The summed E-state index contributed by atoms with van der Waals surface area (Å²) in [4.78, 5) is 0. The molecule has 0 saturated carbocycles. The van der Waals surface area contributed by atoms with Gasteiger partial charge >= 0.3 is 0 Å². The minimum absolute atomic E-state index is 0.104. The molecule has 0 aromatic heterocycles. The van der Waals surface area contributed by atoms with Gasteiger partial charge in [0.05, 0.1) is 0 Å². The molecular formula is C30H39NSi. The van der Waals surface area contributed by atoms with Gasteiger partial charge in [-0.3, -0.25) is 0 Å². The molecule has 0 aliphatic carbocycles. The molecule has 1 atom stereocenters. The molecule has 2 heteroatoms. The van der Waals surface area contributed by atoms with E-state index in [2.05, 4.69) is 134 Å². The van der Waals surface area contributed by atoms with Crippen LogP contribution in [0.2, 0.25) is 5.04 Å². The maximum Gasteiger partial charge on any atom is 0.158 e. The molecule has 32 heavy (non-hydrogen) atoms. The van der Waals surface area contributed by atoms with Gasteiger partial charge in [-0.25, -0.2) is 0 Å². The Morgan fingerprint density at radius 3 is 1.66 bits per heavy atom. The molecule has 1 unspecified atom stereocenters. The summed E-state index contributed by atoms with van der Waals surface area (Å²) < 4.78 is 0. The third kappa shape index (κ3) is 3.53. The number of hydrogen-bond donors (Lipinski definition) is 1. The van der Waals surface area contributed by atoms with Gasteiger partial charge < -0.3 is 5.32 Å². The van der Waals surface area contributed by atoms with Crippen molar-refractivity contribution in [3.05, 3.63) is 77.9 Å². The Bertz CT molecular complexity index is 1140. The van der Waals surface area contributed by atoms with E-state index in [0.717, 1.165) is 0 Å². The topological polar surface area (TPSA) is 12.0 Å². The predicted molar refractivity (Wildman–Crippen MR) is 144 cm³/mol. The van der Waals surface area contributed by atoms with Crippen LogP contribution in [0, 0.1) is 0 Å². The maximum absolute atomic E-state index is 3.82. The van der Waals surface area contributed by atoms with E-state index in [1.54, 1.807) is 0 Å². The highest BCUT2D eigenvalue weighted by Crippen LogP contribution is 2.42. The van der Waals surface area contributed by atoms with E-state index in [-0.39, 0.29) is 15.9 Å². The molecule has 0 saturated heterocycles. The molecule has 0 fully saturated rings. The van der Waals surface area contributed by atoms with Crippen LogP contribution in [0.5, 0.6) is 0 Å². The summed E-state index contributed by atoms with van der Waals surface area (Å²) in [5.74, 6) is 0. The van der Waals surface area contributed by atoms with E-state index in [0.29, 0.717) is 0 Å². The molecule has 1 aliphatic rings. The van der Waals surface area contributed by atoms with Crippen LogP contribution < -0.4 is 20.9 Å². The van der Waals surface area contributed by atoms with Crippen molar-refractivity contribution in [3.8, 4) is 0 Å². The Balaban J connectivity index is 2.07. The van der Waals surface area contributed by atoms with E-state index in [4.69, 9.17) is 0 Å². The highest BCUT2D eigenvalue weighted by Gasteiger charge is 2.53. The molecule has 1 N–H and O–H groups in total. The molecule has 0 radical (unpaired) electrons. The van der Waals surface area contributed by atoms with E-state index in [9.17, 15) is 0 Å². The lowest BCUT2D eigenvalue weighted by Gasteiger charge is -2.48. The fourth-order valence-corrected chi connectivity index (χ4v) is 11.3. The molecule has 0 bridgehead atoms. The average molecular weight is 442 g/mol. The molecule has 1 aliphatic heterocycles. The number of rotatable bonds is 1. The minimum Gasteiger partial charge on any atom is -0.356 e. The van der Waals surface area contributed by atoms with Crippen molar-refractivity contribution in [2.45, 2.75) is 78.2 Å². The first-order valence-corrected chi connectivity index (χ1v) is 13.9. The van der Waals surface area contributed by atoms with Gasteiger partial charge in [-0.2, -0.15) is 0 Å². The van der Waals surface area contributed by atoms with E-state index < -0.39 is 8.07 Å².